The normalized spacial score (nSPS) is 14.5. The number of carbonyl (C=O) groups excluding carboxylic acids is 2. The minimum absolute atomic E-state index is 0.142. The number of nitrogens with one attached hydrogen (secondary N) is 1. The van der Waals surface area contributed by atoms with Gasteiger partial charge in [-0.3, -0.25) is 14.5 Å². The number of halogens is 1. The third kappa shape index (κ3) is 5.94. The highest BCUT2D eigenvalue weighted by Crippen LogP contribution is 2.35. The summed E-state index contributed by atoms with van der Waals surface area (Å²) in [5.74, 6) is 0.102. The molecule has 0 atom stereocenters. The Bertz CT molecular complexity index is 1280. The van der Waals surface area contributed by atoms with Crippen LogP contribution in [0.2, 0.25) is 0 Å². The van der Waals surface area contributed by atoms with Crippen molar-refractivity contribution in [2.75, 3.05) is 11.9 Å². The molecule has 1 saturated heterocycles. The number of amides is 2. The molecule has 3 aromatic carbocycles. The summed E-state index contributed by atoms with van der Waals surface area (Å²) in [4.78, 5) is 27.6. The molecule has 2 amide bonds. The van der Waals surface area contributed by atoms with Crippen molar-refractivity contribution in [3.05, 3.63) is 98.9 Å². The molecule has 4 rings (SSSR count). The summed E-state index contributed by atoms with van der Waals surface area (Å²) in [6.45, 7) is 2.19. The smallest absolute Gasteiger partial charge is 0.266 e. The van der Waals surface area contributed by atoms with Gasteiger partial charge in [0.25, 0.3) is 11.8 Å². The topological polar surface area (TPSA) is 58.6 Å². The van der Waals surface area contributed by atoms with Crippen LogP contribution < -0.4 is 10.1 Å². The fourth-order valence-corrected chi connectivity index (χ4v) is 5.09. The number of carbonyl (C=O) groups is 2. The van der Waals surface area contributed by atoms with Gasteiger partial charge in [0.1, 0.15) is 10.1 Å². The zero-order valence-corrected chi connectivity index (χ0v) is 21.5. The highest BCUT2D eigenvalue weighted by molar-refractivity contribution is 9.10. The van der Waals surface area contributed by atoms with Gasteiger partial charge in [0.15, 0.2) is 6.61 Å². The van der Waals surface area contributed by atoms with E-state index >= 15 is 0 Å². The lowest BCUT2D eigenvalue weighted by atomic mass is 10.1. The van der Waals surface area contributed by atoms with Crippen LogP contribution in [0.3, 0.4) is 0 Å². The first-order chi connectivity index (χ1) is 16.4. The van der Waals surface area contributed by atoms with Gasteiger partial charge in [0.2, 0.25) is 0 Å². The summed E-state index contributed by atoms with van der Waals surface area (Å²) in [7, 11) is 0. The predicted octanol–water partition coefficient (Wildman–Crippen LogP) is 6.18. The lowest BCUT2D eigenvalue weighted by Crippen LogP contribution is -2.27. The Kier molecular flexibility index (Phi) is 7.82. The molecule has 0 bridgehead atoms. The van der Waals surface area contributed by atoms with Gasteiger partial charge in [-0.25, -0.2) is 0 Å². The van der Waals surface area contributed by atoms with Gasteiger partial charge < -0.3 is 10.1 Å². The van der Waals surface area contributed by atoms with Crippen LogP contribution in [-0.2, 0) is 16.1 Å². The molecular formula is C26H21BrN2O3S2. The third-order valence-corrected chi connectivity index (χ3v) is 6.96. The Hall–Kier alpha value is -2.94. The molecule has 3 aromatic rings. The Morgan fingerprint density at radius 3 is 2.62 bits per heavy atom. The second-order valence-electron chi connectivity index (χ2n) is 7.59. The van der Waals surface area contributed by atoms with E-state index in [1.165, 1.54) is 11.8 Å². The Morgan fingerprint density at radius 1 is 1.12 bits per heavy atom. The number of aryl methyl sites for hydroxylation is 1. The van der Waals surface area contributed by atoms with Crippen molar-refractivity contribution in [1.82, 2.24) is 4.90 Å². The minimum atomic E-state index is -0.269. The molecule has 1 N–H and O–H groups in total. The van der Waals surface area contributed by atoms with Gasteiger partial charge >= 0.3 is 0 Å². The van der Waals surface area contributed by atoms with Crippen molar-refractivity contribution >= 4 is 67.8 Å². The molecule has 0 aliphatic carbocycles. The highest BCUT2D eigenvalue weighted by Gasteiger charge is 2.32. The largest absolute Gasteiger partial charge is 0.483 e. The van der Waals surface area contributed by atoms with Crippen molar-refractivity contribution in [2.24, 2.45) is 0 Å². The van der Waals surface area contributed by atoms with Gasteiger partial charge in [-0.15, -0.1) is 0 Å². The monoisotopic (exact) mass is 552 g/mol. The van der Waals surface area contributed by atoms with Crippen LogP contribution >= 0.6 is 39.9 Å². The van der Waals surface area contributed by atoms with Crippen LogP contribution in [0.15, 0.2) is 82.2 Å². The van der Waals surface area contributed by atoms with E-state index in [0.29, 0.717) is 27.1 Å². The molecule has 0 aromatic heterocycles. The average molecular weight is 554 g/mol. The Morgan fingerprint density at radius 2 is 1.85 bits per heavy atom. The maximum Gasteiger partial charge on any atom is 0.266 e. The first-order valence-corrected chi connectivity index (χ1v) is 12.5. The Labute approximate surface area is 216 Å². The quantitative estimate of drug-likeness (QED) is 0.280. The van der Waals surface area contributed by atoms with Crippen molar-refractivity contribution in [1.29, 1.82) is 0 Å². The van der Waals surface area contributed by atoms with Crippen LogP contribution in [0.25, 0.3) is 6.08 Å². The number of thioether (sulfide) groups is 1. The zero-order valence-electron chi connectivity index (χ0n) is 18.3. The van der Waals surface area contributed by atoms with E-state index in [9.17, 15) is 9.59 Å². The van der Waals surface area contributed by atoms with E-state index in [4.69, 9.17) is 17.0 Å². The third-order valence-electron chi connectivity index (χ3n) is 5.08. The number of thiocarbonyl (C=S) groups is 1. The van der Waals surface area contributed by atoms with Gasteiger partial charge in [0.05, 0.1) is 11.4 Å². The second kappa shape index (κ2) is 11.0. The summed E-state index contributed by atoms with van der Waals surface area (Å²) in [6.07, 6.45) is 1.76. The fraction of sp³-hybridized carbons (Fsp3) is 0.115. The lowest BCUT2D eigenvalue weighted by Gasteiger charge is -2.14. The molecule has 1 fully saturated rings. The van der Waals surface area contributed by atoms with Gasteiger partial charge in [-0.1, -0.05) is 88.4 Å². The maximum atomic E-state index is 13.0. The van der Waals surface area contributed by atoms with E-state index < -0.39 is 0 Å². The van der Waals surface area contributed by atoms with E-state index in [0.717, 1.165) is 21.3 Å². The number of nitrogens with zero attached hydrogens (tertiary/aromatic N) is 1. The summed E-state index contributed by atoms with van der Waals surface area (Å²) in [5, 5.41) is 2.86. The van der Waals surface area contributed by atoms with Gasteiger partial charge in [-0.2, -0.15) is 0 Å². The van der Waals surface area contributed by atoms with Crippen LogP contribution in [0.1, 0.15) is 16.7 Å². The number of hydrogen-bond acceptors (Lipinski definition) is 5. The molecular weight excluding hydrogens is 532 g/mol. The predicted molar refractivity (Wildman–Crippen MR) is 145 cm³/mol. The highest BCUT2D eigenvalue weighted by atomic mass is 79.9. The molecule has 0 saturated carbocycles. The van der Waals surface area contributed by atoms with Crippen LogP contribution in [0.4, 0.5) is 5.69 Å². The first-order valence-electron chi connectivity index (χ1n) is 10.5. The number of para-hydroxylation sites is 1. The van der Waals surface area contributed by atoms with E-state index in [2.05, 4.69) is 21.2 Å². The van der Waals surface area contributed by atoms with Crippen LogP contribution in [0, 0.1) is 6.92 Å². The summed E-state index contributed by atoms with van der Waals surface area (Å²) in [5.41, 5.74) is 3.39. The van der Waals surface area contributed by atoms with Crippen molar-refractivity contribution in [3.8, 4) is 5.75 Å². The average Bonchev–Trinajstić information content (AvgIpc) is 3.08. The maximum absolute atomic E-state index is 13.0. The molecule has 1 heterocycles. The number of rotatable bonds is 7. The fourth-order valence-electron chi connectivity index (χ4n) is 3.37. The number of anilines is 1. The standard InChI is InChI=1S/C26H21BrN2O3S2/c1-17-13-20(27)11-12-21(17)28-24(30)16-32-22-10-6-5-9-19(22)14-23-25(31)29(26(33)34-23)15-18-7-3-2-4-8-18/h2-14H,15-16H2,1H3,(H,28,30)/b23-14-. The van der Waals surface area contributed by atoms with Crippen molar-refractivity contribution in [3.63, 3.8) is 0 Å². The van der Waals surface area contributed by atoms with E-state index in [-0.39, 0.29) is 18.4 Å². The molecule has 1 aliphatic rings. The number of ether oxygens (including phenoxy) is 1. The summed E-state index contributed by atoms with van der Waals surface area (Å²) >= 11 is 10.1. The zero-order chi connectivity index (χ0) is 24.1. The SMILES string of the molecule is Cc1cc(Br)ccc1NC(=O)COc1ccccc1/C=C1\SC(=S)N(Cc2ccccc2)C1=O. The first kappa shape index (κ1) is 24.2. The molecule has 172 valence electrons. The van der Waals surface area contributed by atoms with Gasteiger partial charge in [-0.05, 0) is 48.4 Å². The molecule has 8 heteroatoms. The van der Waals surface area contributed by atoms with Crippen molar-refractivity contribution in [2.45, 2.75) is 13.5 Å². The van der Waals surface area contributed by atoms with Crippen LogP contribution in [-0.4, -0.2) is 27.6 Å². The summed E-state index contributed by atoms with van der Waals surface area (Å²) < 4.78 is 7.26. The van der Waals surface area contributed by atoms with E-state index in [1.54, 1.807) is 17.0 Å². The van der Waals surface area contributed by atoms with Crippen LogP contribution in [0.5, 0.6) is 5.75 Å². The lowest BCUT2D eigenvalue weighted by molar-refractivity contribution is -0.122. The number of hydrogen-bond donors (Lipinski definition) is 1. The van der Waals surface area contributed by atoms with E-state index in [1.807, 2.05) is 73.7 Å². The molecule has 0 spiro atoms. The molecule has 0 radical (unpaired) electrons. The summed E-state index contributed by atoms with van der Waals surface area (Å²) in [6, 6.07) is 22.7. The second-order valence-corrected chi connectivity index (χ2v) is 10.2. The molecule has 1 aliphatic heterocycles. The molecule has 34 heavy (non-hydrogen) atoms. The number of benzene rings is 3. The molecule has 5 nitrogen and oxygen atoms in total. The van der Waals surface area contributed by atoms with Crippen molar-refractivity contribution < 1.29 is 14.3 Å². The van der Waals surface area contributed by atoms with Gasteiger partial charge in [0, 0.05) is 15.7 Å². The molecule has 0 unspecified atom stereocenters. The Balaban J connectivity index is 1.44. The minimum Gasteiger partial charge on any atom is -0.483 e.